The Morgan fingerprint density at radius 3 is 1.95 bits per heavy atom. The molecule has 0 radical (unpaired) electrons. The van der Waals surface area contributed by atoms with Gasteiger partial charge in [-0.2, -0.15) is 0 Å². The van der Waals surface area contributed by atoms with Crippen molar-refractivity contribution in [2.24, 2.45) is 0 Å². The van der Waals surface area contributed by atoms with Crippen LogP contribution >= 0.6 is 0 Å². The van der Waals surface area contributed by atoms with Crippen LogP contribution in [0.5, 0.6) is 0 Å². The number of hydrogen-bond acceptors (Lipinski definition) is 2. The number of carbonyl (C=O) groups is 1. The van der Waals surface area contributed by atoms with E-state index in [1.165, 1.54) is 32.1 Å². The van der Waals surface area contributed by atoms with Gasteiger partial charge < -0.3 is 4.74 Å². The topological polar surface area (TPSA) is 26.3 Å². The monoisotopic (exact) mass is 270 g/mol. The van der Waals surface area contributed by atoms with Crippen molar-refractivity contribution in [3.05, 3.63) is 0 Å². The van der Waals surface area contributed by atoms with Gasteiger partial charge in [0.1, 0.15) is 5.60 Å². The lowest BCUT2D eigenvalue weighted by molar-refractivity contribution is -0.157. The Labute approximate surface area is 120 Å². The molecule has 0 spiro atoms. The Bertz CT molecular complexity index is 221. The molecular weight excluding hydrogens is 236 g/mol. The van der Waals surface area contributed by atoms with E-state index in [4.69, 9.17) is 4.74 Å². The Morgan fingerprint density at radius 1 is 0.842 bits per heavy atom. The van der Waals surface area contributed by atoms with Crippen molar-refractivity contribution in [1.82, 2.24) is 0 Å². The third kappa shape index (κ3) is 12.3. The van der Waals surface area contributed by atoms with Gasteiger partial charge in [0.15, 0.2) is 0 Å². The van der Waals surface area contributed by atoms with Gasteiger partial charge in [-0.25, -0.2) is 0 Å². The first kappa shape index (κ1) is 18.5. The summed E-state index contributed by atoms with van der Waals surface area (Å²) in [6, 6.07) is 0. The van der Waals surface area contributed by atoms with Crippen LogP contribution in [0.3, 0.4) is 0 Å². The zero-order chi connectivity index (χ0) is 14.6. The van der Waals surface area contributed by atoms with E-state index >= 15 is 0 Å². The molecule has 0 amide bonds. The number of esters is 1. The molecule has 2 heteroatoms. The standard InChI is InChI=1S/C17H34O2/c1-5-7-9-10-11-12-13-14-16(18)19-17(3,4)15-8-6-2/h5-15H2,1-4H3. The lowest BCUT2D eigenvalue weighted by Gasteiger charge is -2.25. The summed E-state index contributed by atoms with van der Waals surface area (Å²) in [5, 5.41) is 0. The minimum absolute atomic E-state index is 0.0188. The van der Waals surface area contributed by atoms with Crippen LogP contribution in [-0.4, -0.2) is 11.6 Å². The molecule has 0 saturated carbocycles. The fraction of sp³-hybridized carbons (Fsp3) is 0.941. The highest BCUT2D eigenvalue weighted by atomic mass is 16.6. The summed E-state index contributed by atoms with van der Waals surface area (Å²) < 4.78 is 5.55. The van der Waals surface area contributed by atoms with Crippen molar-refractivity contribution < 1.29 is 9.53 Å². The number of unbranched alkanes of at least 4 members (excludes halogenated alkanes) is 7. The molecule has 0 aromatic rings. The average Bonchev–Trinajstić information content (AvgIpc) is 2.35. The van der Waals surface area contributed by atoms with Crippen molar-refractivity contribution in [3.8, 4) is 0 Å². The SMILES string of the molecule is CCCCCCCCCC(=O)OC(C)(C)CCCC. The van der Waals surface area contributed by atoms with Gasteiger partial charge in [-0.1, -0.05) is 58.8 Å². The van der Waals surface area contributed by atoms with Gasteiger partial charge in [-0.15, -0.1) is 0 Å². The van der Waals surface area contributed by atoms with E-state index in [2.05, 4.69) is 13.8 Å². The van der Waals surface area contributed by atoms with Crippen molar-refractivity contribution in [1.29, 1.82) is 0 Å². The fourth-order valence-electron chi connectivity index (χ4n) is 2.24. The molecule has 19 heavy (non-hydrogen) atoms. The molecule has 0 N–H and O–H groups in total. The van der Waals surface area contributed by atoms with Gasteiger partial charge in [0.2, 0.25) is 0 Å². The number of rotatable bonds is 12. The lowest BCUT2D eigenvalue weighted by atomic mass is 10.0. The maximum atomic E-state index is 11.7. The number of hydrogen-bond donors (Lipinski definition) is 0. The van der Waals surface area contributed by atoms with Crippen LogP contribution in [0, 0.1) is 0 Å². The molecule has 0 unspecified atom stereocenters. The summed E-state index contributed by atoms with van der Waals surface area (Å²) in [5.74, 6) is -0.0188. The van der Waals surface area contributed by atoms with Crippen LogP contribution < -0.4 is 0 Å². The first-order valence-electron chi connectivity index (χ1n) is 8.23. The molecule has 0 atom stereocenters. The molecule has 114 valence electrons. The van der Waals surface area contributed by atoms with Gasteiger partial charge in [-0.3, -0.25) is 4.79 Å². The highest BCUT2D eigenvalue weighted by Gasteiger charge is 2.21. The lowest BCUT2D eigenvalue weighted by Crippen LogP contribution is -2.27. The van der Waals surface area contributed by atoms with E-state index in [1.807, 2.05) is 13.8 Å². The zero-order valence-corrected chi connectivity index (χ0v) is 13.6. The van der Waals surface area contributed by atoms with Gasteiger partial charge in [0, 0.05) is 6.42 Å². The third-order valence-electron chi connectivity index (χ3n) is 3.51. The van der Waals surface area contributed by atoms with E-state index in [1.54, 1.807) is 0 Å². The molecule has 0 aromatic carbocycles. The van der Waals surface area contributed by atoms with Crippen molar-refractivity contribution in [2.45, 2.75) is 104 Å². The summed E-state index contributed by atoms with van der Waals surface area (Å²) in [4.78, 5) is 11.7. The fourth-order valence-corrected chi connectivity index (χ4v) is 2.24. The normalized spacial score (nSPS) is 11.6. The minimum atomic E-state index is -0.284. The third-order valence-corrected chi connectivity index (χ3v) is 3.51. The van der Waals surface area contributed by atoms with E-state index in [9.17, 15) is 4.79 Å². The molecule has 0 aliphatic heterocycles. The Hall–Kier alpha value is -0.530. The molecule has 0 saturated heterocycles. The summed E-state index contributed by atoms with van der Waals surface area (Å²) in [6.07, 6.45) is 12.5. The second kappa shape index (κ2) is 11.3. The zero-order valence-electron chi connectivity index (χ0n) is 13.6. The van der Waals surface area contributed by atoms with Gasteiger partial charge >= 0.3 is 5.97 Å². The summed E-state index contributed by atoms with van der Waals surface area (Å²) in [7, 11) is 0. The van der Waals surface area contributed by atoms with E-state index in [0.29, 0.717) is 6.42 Å². The summed E-state index contributed by atoms with van der Waals surface area (Å²) in [6.45, 7) is 8.43. The summed E-state index contributed by atoms with van der Waals surface area (Å²) in [5.41, 5.74) is -0.284. The molecule has 0 aliphatic rings. The molecule has 0 heterocycles. The maximum absolute atomic E-state index is 11.7. The number of carbonyl (C=O) groups excluding carboxylic acids is 1. The first-order valence-corrected chi connectivity index (χ1v) is 8.23. The predicted molar refractivity (Wildman–Crippen MR) is 82.3 cm³/mol. The van der Waals surface area contributed by atoms with Crippen LogP contribution in [-0.2, 0) is 9.53 Å². The highest BCUT2D eigenvalue weighted by Crippen LogP contribution is 2.19. The first-order chi connectivity index (χ1) is 9.02. The Morgan fingerprint density at radius 2 is 1.37 bits per heavy atom. The molecule has 0 bridgehead atoms. The molecule has 0 aromatic heterocycles. The summed E-state index contributed by atoms with van der Waals surface area (Å²) >= 11 is 0. The molecule has 0 rings (SSSR count). The van der Waals surface area contributed by atoms with Crippen LogP contribution in [0.15, 0.2) is 0 Å². The smallest absolute Gasteiger partial charge is 0.306 e. The van der Waals surface area contributed by atoms with E-state index in [-0.39, 0.29) is 11.6 Å². The highest BCUT2D eigenvalue weighted by molar-refractivity contribution is 5.69. The predicted octanol–water partition coefficient (Wildman–Crippen LogP) is 5.64. The molecule has 2 nitrogen and oxygen atoms in total. The molecule has 0 aliphatic carbocycles. The Balaban J connectivity index is 3.53. The maximum Gasteiger partial charge on any atom is 0.306 e. The van der Waals surface area contributed by atoms with Gasteiger partial charge in [0.25, 0.3) is 0 Å². The van der Waals surface area contributed by atoms with E-state index in [0.717, 1.165) is 32.1 Å². The van der Waals surface area contributed by atoms with Crippen LogP contribution in [0.1, 0.15) is 98.3 Å². The van der Waals surface area contributed by atoms with Crippen LogP contribution in [0.4, 0.5) is 0 Å². The van der Waals surface area contributed by atoms with Crippen LogP contribution in [0.2, 0.25) is 0 Å². The second-order valence-electron chi connectivity index (χ2n) is 6.21. The van der Waals surface area contributed by atoms with Crippen molar-refractivity contribution >= 4 is 5.97 Å². The number of ether oxygens (including phenoxy) is 1. The van der Waals surface area contributed by atoms with E-state index < -0.39 is 0 Å². The second-order valence-corrected chi connectivity index (χ2v) is 6.21. The Kier molecular flexibility index (Phi) is 11.0. The van der Waals surface area contributed by atoms with Crippen molar-refractivity contribution in [2.75, 3.05) is 0 Å². The van der Waals surface area contributed by atoms with Crippen molar-refractivity contribution in [3.63, 3.8) is 0 Å². The van der Waals surface area contributed by atoms with Crippen LogP contribution in [0.25, 0.3) is 0 Å². The molecular formula is C17H34O2. The molecule has 0 fully saturated rings. The quantitative estimate of drug-likeness (QED) is 0.339. The van der Waals surface area contributed by atoms with Gasteiger partial charge in [-0.05, 0) is 33.1 Å². The largest absolute Gasteiger partial charge is 0.460 e. The van der Waals surface area contributed by atoms with Gasteiger partial charge in [0.05, 0.1) is 0 Å². The minimum Gasteiger partial charge on any atom is -0.460 e. The average molecular weight is 270 g/mol.